The lowest BCUT2D eigenvalue weighted by Crippen LogP contribution is -2.12. The first-order chi connectivity index (χ1) is 11.6. The van der Waals surface area contributed by atoms with Crippen LogP contribution in [0.15, 0.2) is 53.0 Å². The van der Waals surface area contributed by atoms with Crippen LogP contribution in [0.5, 0.6) is 5.75 Å². The molecule has 0 N–H and O–H groups in total. The van der Waals surface area contributed by atoms with Gasteiger partial charge in [-0.15, -0.1) is 0 Å². The zero-order valence-electron chi connectivity index (χ0n) is 13.6. The molecule has 0 amide bonds. The van der Waals surface area contributed by atoms with Crippen LogP contribution in [0.25, 0.3) is 10.9 Å². The topological polar surface area (TPSA) is 40.5 Å². The van der Waals surface area contributed by atoms with Gasteiger partial charge in [0.05, 0.1) is 18.2 Å². The molecule has 3 rings (SSSR count). The fourth-order valence-electron chi connectivity index (χ4n) is 2.75. The fraction of sp³-hybridized carbons (Fsp3) is 0.211. The van der Waals surface area contributed by atoms with E-state index in [1.165, 1.54) is 0 Å². The number of hydrogen-bond acceptors (Lipinski definition) is 3. The number of aromatic nitrogens is 1. The lowest BCUT2D eigenvalue weighted by atomic mass is 10.2. The van der Waals surface area contributed by atoms with Gasteiger partial charge in [0.1, 0.15) is 11.4 Å². The number of hydrogen-bond donors (Lipinski definition) is 0. The number of fused-ring (bicyclic) bond motifs is 1. The summed E-state index contributed by atoms with van der Waals surface area (Å²) >= 11 is 3.51. The summed E-state index contributed by atoms with van der Waals surface area (Å²) in [5.74, 6) is 0.475. The molecule has 124 valence electrons. The van der Waals surface area contributed by atoms with Crippen molar-refractivity contribution in [3.05, 3.63) is 64.3 Å². The van der Waals surface area contributed by atoms with Crippen LogP contribution in [-0.4, -0.2) is 24.3 Å². The molecule has 0 aliphatic heterocycles. The minimum atomic E-state index is -0.304. The number of halogens is 1. The molecule has 24 heavy (non-hydrogen) atoms. The summed E-state index contributed by atoms with van der Waals surface area (Å²) in [6.45, 7) is 2.74. The van der Waals surface area contributed by atoms with E-state index in [2.05, 4.69) is 15.9 Å². The molecule has 0 spiro atoms. The average molecular weight is 388 g/mol. The maximum absolute atomic E-state index is 12.3. The molecule has 0 radical (unpaired) electrons. The molecule has 0 atom stereocenters. The summed E-state index contributed by atoms with van der Waals surface area (Å²) in [7, 11) is 1.64. The van der Waals surface area contributed by atoms with Crippen LogP contribution < -0.4 is 4.74 Å². The maximum atomic E-state index is 12.3. The van der Waals surface area contributed by atoms with Crippen LogP contribution in [0.1, 0.15) is 23.0 Å². The van der Waals surface area contributed by atoms with Crippen molar-refractivity contribution in [3.8, 4) is 5.75 Å². The van der Waals surface area contributed by atoms with Crippen molar-refractivity contribution in [2.24, 2.45) is 0 Å². The minimum absolute atomic E-state index is 0.304. The Morgan fingerprint density at radius 2 is 1.96 bits per heavy atom. The smallest absolute Gasteiger partial charge is 0.354 e. The molecule has 0 aliphatic carbocycles. The minimum Gasteiger partial charge on any atom is -0.496 e. The lowest BCUT2D eigenvalue weighted by molar-refractivity contribution is 0.0515. The second-order valence-corrected chi connectivity index (χ2v) is 6.22. The Balaban J connectivity index is 2.05. The van der Waals surface area contributed by atoms with Crippen molar-refractivity contribution in [2.75, 3.05) is 13.7 Å². The normalized spacial score (nSPS) is 10.8. The van der Waals surface area contributed by atoms with E-state index in [4.69, 9.17) is 9.47 Å². The van der Waals surface area contributed by atoms with Gasteiger partial charge in [-0.25, -0.2) is 4.79 Å². The number of ether oxygens (including phenoxy) is 2. The molecule has 0 unspecified atom stereocenters. The van der Waals surface area contributed by atoms with Crippen molar-refractivity contribution in [1.29, 1.82) is 0 Å². The standard InChI is InChI=1S/C19H18BrNO3/c1-3-24-19(22)17-11-14-6-4-5-7-16(14)21(17)12-13-8-9-18(23-2)15(20)10-13/h4-11H,3,12H2,1-2H3. The van der Waals surface area contributed by atoms with E-state index < -0.39 is 0 Å². The van der Waals surface area contributed by atoms with Gasteiger partial charge < -0.3 is 14.0 Å². The first-order valence-corrected chi connectivity index (χ1v) is 8.51. The molecule has 1 aromatic heterocycles. The van der Waals surface area contributed by atoms with E-state index in [-0.39, 0.29) is 5.97 Å². The summed E-state index contributed by atoms with van der Waals surface area (Å²) in [5.41, 5.74) is 2.63. The maximum Gasteiger partial charge on any atom is 0.354 e. The number of benzene rings is 2. The van der Waals surface area contributed by atoms with E-state index in [1.54, 1.807) is 7.11 Å². The van der Waals surface area contributed by atoms with Crippen molar-refractivity contribution >= 4 is 32.8 Å². The summed E-state index contributed by atoms with van der Waals surface area (Å²) < 4.78 is 13.4. The van der Waals surface area contributed by atoms with Crippen molar-refractivity contribution in [1.82, 2.24) is 4.57 Å². The van der Waals surface area contributed by atoms with Crippen molar-refractivity contribution < 1.29 is 14.3 Å². The first-order valence-electron chi connectivity index (χ1n) is 7.72. The lowest BCUT2D eigenvalue weighted by Gasteiger charge is -2.12. The number of para-hydroxylation sites is 1. The highest BCUT2D eigenvalue weighted by molar-refractivity contribution is 9.10. The van der Waals surface area contributed by atoms with Crippen LogP contribution in [0, 0.1) is 0 Å². The largest absolute Gasteiger partial charge is 0.496 e. The summed E-state index contributed by atoms with van der Waals surface area (Å²) in [4.78, 5) is 12.3. The van der Waals surface area contributed by atoms with Gasteiger partial charge in [-0.05, 0) is 52.7 Å². The number of carbonyl (C=O) groups is 1. The highest BCUT2D eigenvalue weighted by atomic mass is 79.9. The molecule has 0 saturated heterocycles. The number of rotatable bonds is 5. The molecule has 0 bridgehead atoms. The van der Waals surface area contributed by atoms with Gasteiger partial charge in [0, 0.05) is 17.4 Å². The van der Waals surface area contributed by atoms with Crippen molar-refractivity contribution in [3.63, 3.8) is 0 Å². The predicted molar refractivity (Wildman–Crippen MR) is 97.7 cm³/mol. The molecule has 1 heterocycles. The van der Waals surface area contributed by atoms with Gasteiger partial charge in [-0.1, -0.05) is 24.3 Å². The number of methoxy groups -OCH3 is 1. The highest BCUT2D eigenvalue weighted by Gasteiger charge is 2.17. The highest BCUT2D eigenvalue weighted by Crippen LogP contribution is 2.27. The molecule has 3 aromatic rings. The van der Waals surface area contributed by atoms with E-state index in [9.17, 15) is 4.79 Å². The number of carbonyl (C=O) groups excluding carboxylic acids is 1. The SMILES string of the molecule is CCOC(=O)c1cc2ccccc2n1Cc1ccc(OC)c(Br)c1. The van der Waals surface area contributed by atoms with E-state index in [1.807, 2.05) is 60.0 Å². The van der Waals surface area contributed by atoms with Crippen LogP contribution in [0.2, 0.25) is 0 Å². The third-order valence-corrected chi connectivity index (χ3v) is 4.47. The second-order valence-electron chi connectivity index (χ2n) is 5.36. The molecule has 0 fully saturated rings. The molecule has 4 nitrogen and oxygen atoms in total. The van der Waals surface area contributed by atoms with Gasteiger partial charge >= 0.3 is 5.97 Å². The molecular weight excluding hydrogens is 370 g/mol. The monoisotopic (exact) mass is 387 g/mol. The van der Waals surface area contributed by atoms with Gasteiger partial charge in [0.2, 0.25) is 0 Å². The van der Waals surface area contributed by atoms with Crippen molar-refractivity contribution in [2.45, 2.75) is 13.5 Å². The van der Waals surface area contributed by atoms with Gasteiger partial charge in [0.15, 0.2) is 0 Å². The van der Waals surface area contributed by atoms with Crippen LogP contribution >= 0.6 is 15.9 Å². The van der Waals surface area contributed by atoms with Crippen LogP contribution in [0.4, 0.5) is 0 Å². The Bertz CT molecular complexity index is 885. The molecule has 2 aromatic carbocycles. The summed E-state index contributed by atoms with van der Waals surface area (Å²) in [6, 6.07) is 15.7. The second kappa shape index (κ2) is 7.09. The molecule has 5 heteroatoms. The Kier molecular flexibility index (Phi) is 4.90. The molecular formula is C19H18BrNO3. The number of nitrogens with zero attached hydrogens (tertiary/aromatic N) is 1. The van der Waals surface area contributed by atoms with Gasteiger partial charge in [-0.2, -0.15) is 0 Å². The van der Waals surface area contributed by atoms with E-state index in [0.29, 0.717) is 18.8 Å². The summed E-state index contributed by atoms with van der Waals surface area (Å²) in [5, 5.41) is 1.02. The van der Waals surface area contributed by atoms with E-state index in [0.717, 1.165) is 26.7 Å². The van der Waals surface area contributed by atoms with Gasteiger partial charge in [0.25, 0.3) is 0 Å². The zero-order chi connectivity index (χ0) is 17.1. The molecule has 0 aliphatic rings. The van der Waals surface area contributed by atoms with Gasteiger partial charge in [-0.3, -0.25) is 0 Å². The predicted octanol–water partition coefficient (Wildman–Crippen LogP) is 4.64. The fourth-order valence-corrected chi connectivity index (χ4v) is 3.33. The Labute approximate surface area is 149 Å². The van der Waals surface area contributed by atoms with E-state index >= 15 is 0 Å². The third-order valence-electron chi connectivity index (χ3n) is 3.85. The quantitative estimate of drug-likeness (QED) is 0.598. The first kappa shape index (κ1) is 16.6. The molecule has 0 saturated carbocycles. The Hall–Kier alpha value is -2.27. The zero-order valence-corrected chi connectivity index (χ0v) is 15.2. The number of esters is 1. The average Bonchev–Trinajstić information content (AvgIpc) is 2.94. The Morgan fingerprint density at radius 1 is 1.17 bits per heavy atom. The summed E-state index contributed by atoms with van der Waals surface area (Å²) in [6.07, 6.45) is 0. The Morgan fingerprint density at radius 3 is 2.67 bits per heavy atom. The van der Waals surface area contributed by atoms with Crippen LogP contribution in [0.3, 0.4) is 0 Å². The third kappa shape index (κ3) is 3.17. The van der Waals surface area contributed by atoms with Crippen LogP contribution in [-0.2, 0) is 11.3 Å².